The van der Waals surface area contributed by atoms with Gasteiger partial charge in [-0.25, -0.2) is 9.78 Å². The Balaban J connectivity index is 1.45. The first-order chi connectivity index (χ1) is 13.3. The molecular weight excluding hydrogens is 374 g/mol. The molecule has 0 bridgehead atoms. The number of amides is 2. The summed E-state index contributed by atoms with van der Waals surface area (Å²) in [7, 11) is 0. The number of likely N-dealkylation sites (tertiary alicyclic amines) is 1. The number of urea groups is 1. The summed E-state index contributed by atoms with van der Waals surface area (Å²) < 4.78 is 10.9. The molecule has 2 aliphatic heterocycles. The molecule has 0 unspecified atom stereocenters. The van der Waals surface area contributed by atoms with Crippen molar-refractivity contribution in [2.45, 2.75) is 58.0 Å². The van der Waals surface area contributed by atoms with Crippen LogP contribution in [0.3, 0.4) is 0 Å². The van der Waals surface area contributed by atoms with Gasteiger partial charge >= 0.3 is 6.03 Å². The highest BCUT2D eigenvalue weighted by atomic mass is 32.1. The highest BCUT2D eigenvalue weighted by Gasteiger charge is 2.32. The molecule has 0 saturated carbocycles. The highest BCUT2D eigenvalue weighted by molar-refractivity contribution is 7.09. The van der Waals surface area contributed by atoms with E-state index in [2.05, 4.69) is 31.5 Å². The molecule has 0 aliphatic carbocycles. The van der Waals surface area contributed by atoms with Crippen molar-refractivity contribution in [1.82, 2.24) is 15.2 Å². The van der Waals surface area contributed by atoms with E-state index in [9.17, 15) is 4.79 Å². The molecule has 7 heteroatoms. The summed E-state index contributed by atoms with van der Waals surface area (Å²) in [5.74, 6) is 1.53. The molecule has 1 fully saturated rings. The molecule has 1 saturated heterocycles. The number of carbonyl (C=O) groups is 1. The summed E-state index contributed by atoms with van der Waals surface area (Å²) in [6, 6.07) is 5.86. The van der Waals surface area contributed by atoms with E-state index >= 15 is 0 Å². The number of ether oxygens (including phenoxy) is 2. The van der Waals surface area contributed by atoms with E-state index in [0.29, 0.717) is 0 Å². The number of hydrogen-bond acceptors (Lipinski definition) is 5. The van der Waals surface area contributed by atoms with E-state index in [1.807, 2.05) is 30.0 Å². The number of thiazole rings is 1. The highest BCUT2D eigenvalue weighted by Crippen LogP contribution is 2.39. The van der Waals surface area contributed by atoms with Crippen molar-refractivity contribution in [1.29, 1.82) is 0 Å². The molecule has 2 aliphatic rings. The average Bonchev–Trinajstić information content (AvgIpc) is 3.39. The lowest BCUT2D eigenvalue weighted by Crippen LogP contribution is -2.40. The van der Waals surface area contributed by atoms with Crippen LogP contribution >= 0.6 is 11.3 Å². The zero-order chi connectivity index (χ0) is 19.9. The second-order valence-electron chi connectivity index (χ2n) is 8.46. The van der Waals surface area contributed by atoms with Gasteiger partial charge in [0.05, 0.1) is 17.8 Å². The van der Waals surface area contributed by atoms with Crippen LogP contribution in [-0.4, -0.2) is 29.3 Å². The fourth-order valence-electron chi connectivity index (χ4n) is 3.64. The first-order valence-corrected chi connectivity index (χ1v) is 10.6. The van der Waals surface area contributed by atoms with Crippen LogP contribution < -0.4 is 14.8 Å². The minimum atomic E-state index is -0.119. The predicted octanol–water partition coefficient (Wildman–Crippen LogP) is 4.78. The normalized spacial score (nSPS) is 19.7. The monoisotopic (exact) mass is 401 g/mol. The average molecular weight is 402 g/mol. The van der Waals surface area contributed by atoms with Gasteiger partial charge in [0.1, 0.15) is 5.01 Å². The lowest BCUT2D eigenvalue weighted by molar-refractivity contribution is 0.173. The van der Waals surface area contributed by atoms with Gasteiger partial charge in [-0.2, -0.15) is 0 Å². The van der Waals surface area contributed by atoms with Crippen LogP contribution in [-0.2, 0) is 5.41 Å². The van der Waals surface area contributed by atoms with Gasteiger partial charge in [0.25, 0.3) is 0 Å². The van der Waals surface area contributed by atoms with E-state index in [4.69, 9.17) is 14.5 Å². The van der Waals surface area contributed by atoms with Crippen molar-refractivity contribution >= 4 is 17.4 Å². The van der Waals surface area contributed by atoms with Crippen LogP contribution in [0.15, 0.2) is 23.6 Å². The van der Waals surface area contributed by atoms with Crippen molar-refractivity contribution in [2.75, 3.05) is 13.3 Å². The summed E-state index contributed by atoms with van der Waals surface area (Å²) in [5, 5.41) is 6.16. The minimum absolute atomic E-state index is 0.0118. The van der Waals surface area contributed by atoms with Gasteiger partial charge in [-0.05, 0) is 37.5 Å². The second-order valence-corrected chi connectivity index (χ2v) is 9.35. The SMILES string of the molecule is C[C@@H](NC(=O)N1CCC[C@H]1c1ccc2c(c1)OCO2)c1nc(C(C)(C)C)cs1. The zero-order valence-corrected chi connectivity index (χ0v) is 17.6. The fraction of sp³-hybridized carbons (Fsp3) is 0.524. The molecule has 2 aromatic rings. The maximum Gasteiger partial charge on any atom is 0.318 e. The maximum atomic E-state index is 13.0. The van der Waals surface area contributed by atoms with Crippen LogP contribution in [0.2, 0.25) is 0 Å². The summed E-state index contributed by atoms with van der Waals surface area (Å²) >= 11 is 1.60. The Morgan fingerprint density at radius 1 is 1.32 bits per heavy atom. The number of benzene rings is 1. The Bertz CT molecular complexity index is 874. The molecule has 2 atom stereocenters. The molecule has 1 aromatic carbocycles. The standard InChI is InChI=1S/C21H27N3O3S/c1-13(19-23-18(11-28-19)21(2,3)4)22-20(25)24-9-5-6-15(24)14-7-8-16-17(10-14)27-12-26-16/h7-8,10-11,13,15H,5-6,9,12H2,1-4H3,(H,22,25)/t13-,15+/m1/s1. The minimum Gasteiger partial charge on any atom is -0.454 e. The van der Waals surface area contributed by atoms with Gasteiger partial charge < -0.3 is 19.7 Å². The smallest absolute Gasteiger partial charge is 0.318 e. The Kier molecular flexibility index (Phi) is 4.95. The molecule has 1 aromatic heterocycles. The molecule has 4 rings (SSSR count). The van der Waals surface area contributed by atoms with Gasteiger partial charge in [0.2, 0.25) is 6.79 Å². The summed E-state index contributed by atoms with van der Waals surface area (Å²) in [4.78, 5) is 19.6. The van der Waals surface area contributed by atoms with Gasteiger partial charge in [-0.3, -0.25) is 0 Å². The van der Waals surface area contributed by atoms with Crippen LogP contribution in [0, 0.1) is 0 Å². The number of nitrogens with zero attached hydrogens (tertiary/aromatic N) is 2. The summed E-state index contributed by atoms with van der Waals surface area (Å²) in [6.45, 7) is 9.45. The Hall–Kier alpha value is -2.28. The van der Waals surface area contributed by atoms with E-state index in [1.54, 1.807) is 11.3 Å². The van der Waals surface area contributed by atoms with Crippen molar-refractivity contribution in [3.63, 3.8) is 0 Å². The molecule has 6 nitrogen and oxygen atoms in total. The molecule has 3 heterocycles. The van der Waals surface area contributed by atoms with Gasteiger partial charge in [-0.15, -0.1) is 11.3 Å². The molecule has 1 N–H and O–H groups in total. The topological polar surface area (TPSA) is 63.7 Å². The molecule has 28 heavy (non-hydrogen) atoms. The van der Waals surface area contributed by atoms with Gasteiger partial charge in [0, 0.05) is 17.3 Å². The van der Waals surface area contributed by atoms with E-state index in [0.717, 1.165) is 47.2 Å². The summed E-state index contributed by atoms with van der Waals surface area (Å²) in [6.07, 6.45) is 1.94. The largest absolute Gasteiger partial charge is 0.454 e. The lowest BCUT2D eigenvalue weighted by atomic mass is 9.93. The third kappa shape index (κ3) is 3.68. The van der Waals surface area contributed by atoms with Crippen LogP contribution in [0.4, 0.5) is 4.79 Å². The number of hydrogen-bond donors (Lipinski definition) is 1. The molecule has 0 spiro atoms. The van der Waals surface area contributed by atoms with E-state index < -0.39 is 0 Å². The number of aromatic nitrogens is 1. The molecule has 2 amide bonds. The van der Waals surface area contributed by atoms with Crippen LogP contribution in [0.5, 0.6) is 11.5 Å². The number of nitrogens with one attached hydrogen (secondary N) is 1. The second kappa shape index (κ2) is 7.28. The number of fused-ring (bicyclic) bond motifs is 1. The van der Waals surface area contributed by atoms with Gasteiger partial charge in [0.15, 0.2) is 11.5 Å². The Labute approximate surface area is 169 Å². The van der Waals surface area contributed by atoms with Crippen molar-refractivity contribution in [3.05, 3.63) is 39.8 Å². The Morgan fingerprint density at radius 2 is 2.11 bits per heavy atom. The first-order valence-electron chi connectivity index (χ1n) is 9.75. The predicted molar refractivity (Wildman–Crippen MR) is 109 cm³/mol. The maximum absolute atomic E-state index is 13.0. The molecule has 150 valence electrons. The van der Waals surface area contributed by atoms with Crippen LogP contribution in [0.25, 0.3) is 0 Å². The number of rotatable bonds is 3. The third-order valence-corrected chi connectivity index (χ3v) is 6.32. The first kappa shape index (κ1) is 19.1. The van der Waals surface area contributed by atoms with E-state index in [-0.39, 0.29) is 30.3 Å². The quantitative estimate of drug-likeness (QED) is 0.804. The molecular formula is C21H27N3O3S. The summed E-state index contributed by atoms with van der Waals surface area (Å²) in [5.41, 5.74) is 2.17. The molecule has 0 radical (unpaired) electrons. The lowest BCUT2D eigenvalue weighted by Gasteiger charge is -2.27. The van der Waals surface area contributed by atoms with Crippen molar-refractivity contribution in [3.8, 4) is 11.5 Å². The van der Waals surface area contributed by atoms with E-state index in [1.165, 1.54) is 0 Å². The zero-order valence-electron chi connectivity index (χ0n) is 16.8. The fourth-order valence-corrected chi connectivity index (χ4v) is 4.69. The third-order valence-electron chi connectivity index (χ3n) is 5.30. The van der Waals surface area contributed by atoms with Gasteiger partial charge in [-0.1, -0.05) is 26.8 Å². The van der Waals surface area contributed by atoms with Crippen molar-refractivity contribution < 1.29 is 14.3 Å². The van der Waals surface area contributed by atoms with Crippen LogP contribution in [0.1, 0.15) is 68.9 Å². The Morgan fingerprint density at radius 3 is 2.86 bits per heavy atom. The number of carbonyl (C=O) groups excluding carboxylic acids is 1. The van der Waals surface area contributed by atoms with Crippen molar-refractivity contribution in [2.24, 2.45) is 0 Å².